The van der Waals surface area contributed by atoms with Crippen molar-refractivity contribution in [1.29, 1.82) is 0 Å². The smallest absolute Gasteiger partial charge is 0.251 e. The van der Waals surface area contributed by atoms with E-state index in [9.17, 15) is 4.79 Å². The van der Waals surface area contributed by atoms with Crippen LogP contribution in [0.5, 0.6) is 11.5 Å². The molecule has 0 aliphatic rings. The monoisotopic (exact) mass is 457 g/mol. The van der Waals surface area contributed by atoms with Gasteiger partial charge in [-0.2, -0.15) is 0 Å². The Kier molecular flexibility index (Phi) is 7.48. The zero-order valence-corrected chi connectivity index (χ0v) is 20.0. The summed E-state index contributed by atoms with van der Waals surface area (Å²) in [4.78, 5) is 17.2. The molecule has 0 spiro atoms. The fourth-order valence-electron chi connectivity index (χ4n) is 3.97. The van der Waals surface area contributed by atoms with Gasteiger partial charge in [-0.25, -0.2) is 4.98 Å². The van der Waals surface area contributed by atoms with Gasteiger partial charge in [0, 0.05) is 18.5 Å². The molecule has 0 atom stereocenters. The van der Waals surface area contributed by atoms with Gasteiger partial charge < -0.3 is 19.4 Å². The van der Waals surface area contributed by atoms with E-state index in [0.717, 1.165) is 46.8 Å². The molecule has 0 fully saturated rings. The van der Waals surface area contributed by atoms with Crippen molar-refractivity contribution in [3.8, 4) is 11.5 Å². The Morgan fingerprint density at radius 1 is 1.03 bits per heavy atom. The number of ether oxygens (including phenoxy) is 2. The molecule has 4 rings (SSSR count). The van der Waals surface area contributed by atoms with Crippen LogP contribution in [-0.4, -0.2) is 35.7 Å². The molecule has 4 aromatic rings. The van der Waals surface area contributed by atoms with Gasteiger partial charge in [0.2, 0.25) is 0 Å². The Balaban J connectivity index is 1.36. The van der Waals surface area contributed by atoms with Crippen LogP contribution >= 0.6 is 0 Å². The van der Waals surface area contributed by atoms with Crippen LogP contribution in [0.2, 0.25) is 0 Å². The number of imidazole rings is 1. The first-order valence-corrected chi connectivity index (χ1v) is 11.6. The van der Waals surface area contributed by atoms with Gasteiger partial charge in [-0.1, -0.05) is 24.3 Å². The van der Waals surface area contributed by atoms with Crippen molar-refractivity contribution in [1.82, 2.24) is 14.9 Å². The molecule has 6 heteroatoms. The highest BCUT2D eigenvalue weighted by Crippen LogP contribution is 2.21. The highest BCUT2D eigenvalue weighted by atomic mass is 16.5. The van der Waals surface area contributed by atoms with E-state index < -0.39 is 0 Å². The van der Waals surface area contributed by atoms with Gasteiger partial charge in [0.25, 0.3) is 5.91 Å². The zero-order chi connectivity index (χ0) is 23.9. The number of aromatic nitrogens is 2. The molecule has 0 radical (unpaired) electrons. The van der Waals surface area contributed by atoms with Gasteiger partial charge in [-0.15, -0.1) is 0 Å². The summed E-state index contributed by atoms with van der Waals surface area (Å²) in [5.41, 5.74) is 5.02. The maximum Gasteiger partial charge on any atom is 0.251 e. The third-order valence-electron chi connectivity index (χ3n) is 5.86. The summed E-state index contributed by atoms with van der Waals surface area (Å²) in [6, 6.07) is 21.5. The van der Waals surface area contributed by atoms with E-state index in [0.29, 0.717) is 25.3 Å². The summed E-state index contributed by atoms with van der Waals surface area (Å²) in [7, 11) is 1.61. The number of nitrogens with zero attached hydrogens (tertiary/aromatic N) is 2. The van der Waals surface area contributed by atoms with Gasteiger partial charge in [0.15, 0.2) is 0 Å². The zero-order valence-electron chi connectivity index (χ0n) is 20.0. The van der Waals surface area contributed by atoms with Crippen molar-refractivity contribution in [3.05, 3.63) is 89.2 Å². The molecular weight excluding hydrogens is 426 g/mol. The quantitative estimate of drug-likeness (QED) is 0.336. The van der Waals surface area contributed by atoms with Gasteiger partial charge in [0.1, 0.15) is 23.9 Å². The fraction of sp³-hybridized carbons (Fsp3) is 0.286. The van der Waals surface area contributed by atoms with E-state index in [1.54, 1.807) is 31.4 Å². The van der Waals surface area contributed by atoms with E-state index >= 15 is 0 Å². The van der Waals surface area contributed by atoms with Crippen molar-refractivity contribution in [2.75, 3.05) is 20.3 Å². The SMILES string of the molecule is COc1ccc(C(=O)NCCCc2nc3ccccc3n2CCOc2cc(C)ccc2C)cc1. The van der Waals surface area contributed by atoms with Crippen LogP contribution in [0.15, 0.2) is 66.7 Å². The first-order chi connectivity index (χ1) is 16.5. The van der Waals surface area contributed by atoms with E-state index in [1.165, 1.54) is 5.56 Å². The van der Waals surface area contributed by atoms with Crippen molar-refractivity contribution in [3.63, 3.8) is 0 Å². The molecule has 3 aromatic carbocycles. The highest BCUT2D eigenvalue weighted by molar-refractivity contribution is 5.94. The normalized spacial score (nSPS) is 10.9. The number of para-hydroxylation sites is 2. The second kappa shape index (κ2) is 10.9. The van der Waals surface area contributed by atoms with Gasteiger partial charge in [-0.05, 0) is 73.9 Å². The topological polar surface area (TPSA) is 65.4 Å². The number of carbonyl (C=O) groups excluding carboxylic acids is 1. The maximum absolute atomic E-state index is 12.4. The highest BCUT2D eigenvalue weighted by Gasteiger charge is 2.11. The second-order valence-electron chi connectivity index (χ2n) is 8.37. The van der Waals surface area contributed by atoms with Crippen molar-refractivity contribution in [2.24, 2.45) is 0 Å². The summed E-state index contributed by atoms with van der Waals surface area (Å²) >= 11 is 0. The van der Waals surface area contributed by atoms with Gasteiger partial charge in [0.05, 0.1) is 24.7 Å². The molecule has 1 amide bonds. The molecule has 1 aromatic heterocycles. The number of nitrogens with one attached hydrogen (secondary N) is 1. The Morgan fingerprint density at radius 2 is 1.82 bits per heavy atom. The van der Waals surface area contributed by atoms with Crippen LogP contribution in [0.4, 0.5) is 0 Å². The Morgan fingerprint density at radius 3 is 2.62 bits per heavy atom. The molecule has 1 heterocycles. The van der Waals surface area contributed by atoms with Crippen LogP contribution in [0.3, 0.4) is 0 Å². The van der Waals surface area contributed by atoms with Gasteiger partial charge in [-0.3, -0.25) is 4.79 Å². The van der Waals surface area contributed by atoms with Crippen LogP contribution in [-0.2, 0) is 13.0 Å². The van der Waals surface area contributed by atoms with Crippen LogP contribution < -0.4 is 14.8 Å². The largest absolute Gasteiger partial charge is 0.497 e. The minimum Gasteiger partial charge on any atom is -0.497 e. The summed E-state index contributed by atoms with van der Waals surface area (Å²) in [5.74, 6) is 2.58. The standard InChI is InChI=1S/C28H31N3O3/c1-20-10-11-21(2)26(19-20)34-18-17-31-25-8-5-4-7-24(25)30-27(31)9-6-16-29-28(32)22-12-14-23(33-3)15-13-22/h4-5,7-8,10-15,19H,6,9,16-18H2,1-3H3,(H,29,32). The average Bonchev–Trinajstić information content (AvgIpc) is 3.21. The molecule has 34 heavy (non-hydrogen) atoms. The van der Waals surface area contributed by atoms with E-state index in [1.807, 2.05) is 18.2 Å². The minimum absolute atomic E-state index is 0.0851. The minimum atomic E-state index is -0.0851. The molecule has 0 unspecified atom stereocenters. The second-order valence-corrected chi connectivity index (χ2v) is 8.37. The lowest BCUT2D eigenvalue weighted by atomic mass is 10.1. The number of fused-ring (bicyclic) bond motifs is 1. The number of rotatable bonds is 10. The Hall–Kier alpha value is -3.80. The number of hydrogen-bond donors (Lipinski definition) is 1. The first-order valence-electron chi connectivity index (χ1n) is 11.6. The maximum atomic E-state index is 12.4. The number of carbonyl (C=O) groups is 1. The summed E-state index contributed by atoms with van der Waals surface area (Å²) in [6.45, 7) is 5.98. The molecule has 1 N–H and O–H groups in total. The molecule has 0 saturated carbocycles. The molecule has 0 aliphatic heterocycles. The lowest BCUT2D eigenvalue weighted by molar-refractivity contribution is 0.0953. The predicted octanol–water partition coefficient (Wildman–Crippen LogP) is 5.10. The Bertz CT molecular complexity index is 1260. The van der Waals surface area contributed by atoms with E-state index in [4.69, 9.17) is 14.5 Å². The Labute approximate surface area is 200 Å². The summed E-state index contributed by atoms with van der Waals surface area (Å²) < 4.78 is 13.5. The van der Waals surface area contributed by atoms with Crippen LogP contribution in [0.1, 0.15) is 33.7 Å². The average molecular weight is 458 g/mol. The van der Waals surface area contributed by atoms with E-state index in [2.05, 4.69) is 48.0 Å². The van der Waals surface area contributed by atoms with E-state index in [-0.39, 0.29) is 5.91 Å². The third-order valence-corrected chi connectivity index (χ3v) is 5.86. The molecule has 0 saturated heterocycles. The summed E-state index contributed by atoms with van der Waals surface area (Å²) in [5, 5.41) is 2.99. The summed E-state index contributed by atoms with van der Waals surface area (Å²) in [6.07, 6.45) is 1.56. The molecule has 6 nitrogen and oxygen atoms in total. The number of aryl methyl sites for hydroxylation is 3. The number of benzene rings is 3. The molecular formula is C28H31N3O3. The number of amides is 1. The number of hydrogen-bond acceptors (Lipinski definition) is 4. The van der Waals surface area contributed by atoms with Crippen LogP contribution in [0.25, 0.3) is 11.0 Å². The predicted molar refractivity (Wildman–Crippen MR) is 135 cm³/mol. The van der Waals surface area contributed by atoms with Crippen LogP contribution in [0, 0.1) is 13.8 Å². The fourth-order valence-corrected chi connectivity index (χ4v) is 3.97. The van der Waals surface area contributed by atoms with Crippen molar-refractivity contribution < 1.29 is 14.3 Å². The lowest BCUT2D eigenvalue weighted by Gasteiger charge is -2.13. The van der Waals surface area contributed by atoms with Crippen molar-refractivity contribution >= 4 is 16.9 Å². The lowest BCUT2D eigenvalue weighted by Crippen LogP contribution is -2.25. The molecule has 0 aliphatic carbocycles. The van der Waals surface area contributed by atoms with Gasteiger partial charge >= 0.3 is 0 Å². The number of methoxy groups -OCH3 is 1. The third kappa shape index (κ3) is 5.57. The van der Waals surface area contributed by atoms with Crippen molar-refractivity contribution in [2.45, 2.75) is 33.2 Å². The molecule has 176 valence electrons. The molecule has 0 bridgehead atoms. The first kappa shape index (κ1) is 23.4.